The zero-order chi connectivity index (χ0) is 11.3. The van der Waals surface area contributed by atoms with Gasteiger partial charge in [0.2, 0.25) is 0 Å². The quantitative estimate of drug-likeness (QED) is 0.777. The molecule has 0 aromatic heterocycles. The Morgan fingerprint density at radius 2 is 1.80 bits per heavy atom. The number of nitrogens with one attached hydrogen (secondary N) is 2. The van der Waals surface area contributed by atoms with Crippen LogP contribution in [0, 0.1) is 5.82 Å². The minimum atomic E-state index is -0.189. The first-order chi connectivity index (χ1) is 7.13. The van der Waals surface area contributed by atoms with Crippen LogP contribution in [0.25, 0.3) is 0 Å². The maximum atomic E-state index is 12.7. The molecule has 84 valence electrons. The van der Waals surface area contributed by atoms with Gasteiger partial charge in [0.05, 0.1) is 0 Å². The van der Waals surface area contributed by atoms with Crippen molar-refractivity contribution in [1.82, 2.24) is 10.6 Å². The van der Waals surface area contributed by atoms with Crippen LogP contribution < -0.4 is 10.6 Å². The van der Waals surface area contributed by atoms with E-state index in [1.54, 1.807) is 0 Å². The molecule has 0 radical (unpaired) electrons. The second-order valence-corrected chi connectivity index (χ2v) is 3.96. The highest BCUT2D eigenvalue weighted by molar-refractivity contribution is 5.20. The van der Waals surface area contributed by atoms with Gasteiger partial charge >= 0.3 is 0 Å². The number of hydrogen-bond acceptors (Lipinski definition) is 2. The van der Waals surface area contributed by atoms with Crippen LogP contribution in [0.1, 0.15) is 25.5 Å². The molecule has 1 atom stereocenters. The minimum absolute atomic E-state index is 0.189. The van der Waals surface area contributed by atoms with Gasteiger partial charge in [-0.05, 0) is 24.7 Å². The first-order valence-electron chi connectivity index (χ1n) is 5.29. The first-order valence-corrected chi connectivity index (χ1v) is 5.29. The molecule has 1 unspecified atom stereocenters. The van der Waals surface area contributed by atoms with Gasteiger partial charge in [0.1, 0.15) is 5.82 Å². The van der Waals surface area contributed by atoms with Crippen LogP contribution in [0.15, 0.2) is 24.3 Å². The molecule has 0 spiro atoms. The lowest BCUT2D eigenvalue weighted by Gasteiger charge is -2.19. The van der Waals surface area contributed by atoms with Crippen molar-refractivity contribution in [2.24, 2.45) is 0 Å². The first kappa shape index (κ1) is 12.1. The van der Waals surface area contributed by atoms with E-state index >= 15 is 0 Å². The van der Waals surface area contributed by atoms with Crippen molar-refractivity contribution in [2.45, 2.75) is 25.9 Å². The van der Waals surface area contributed by atoms with E-state index in [4.69, 9.17) is 0 Å². The van der Waals surface area contributed by atoms with Gasteiger partial charge in [0, 0.05) is 18.6 Å². The molecule has 2 N–H and O–H groups in total. The molecule has 0 bridgehead atoms. The lowest BCUT2D eigenvalue weighted by atomic mass is 10.1. The van der Waals surface area contributed by atoms with Gasteiger partial charge in [-0.1, -0.05) is 26.0 Å². The van der Waals surface area contributed by atoms with Crippen molar-refractivity contribution in [3.63, 3.8) is 0 Å². The summed E-state index contributed by atoms with van der Waals surface area (Å²) in [5.41, 5.74) is 1.10. The molecule has 0 saturated heterocycles. The van der Waals surface area contributed by atoms with Crippen LogP contribution >= 0.6 is 0 Å². The smallest absolute Gasteiger partial charge is 0.123 e. The molecule has 0 aliphatic carbocycles. The van der Waals surface area contributed by atoms with Gasteiger partial charge in [0.15, 0.2) is 0 Å². The van der Waals surface area contributed by atoms with Crippen molar-refractivity contribution < 1.29 is 4.39 Å². The third-order valence-corrected chi connectivity index (χ3v) is 2.35. The highest BCUT2D eigenvalue weighted by Crippen LogP contribution is 2.12. The summed E-state index contributed by atoms with van der Waals surface area (Å²) in [4.78, 5) is 0. The summed E-state index contributed by atoms with van der Waals surface area (Å²) >= 11 is 0. The number of rotatable bonds is 5. The zero-order valence-corrected chi connectivity index (χ0v) is 9.55. The maximum Gasteiger partial charge on any atom is 0.123 e. The summed E-state index contributed by atoms with van der Waals surface area (Å²) in [6.45, 7) is 5.06. The van der Waals surface area contributed by atoms with Gasteiger partial charge in [0.25, 0.3) is 0 Å². The molecule has 15 heavy (non-hydrogen) atoms. The van der Waals surface area contributed by atoms with E-state index in [1.165, 1.54) is 12.1 Å². The van der Waals surface area contributed by atoms with Crippen molar-refractivity contribution >= 4 is 0 Å². The van der Waals surface area contributed by atoms with Crippen LogP contribution in [-0.4, -0.2) is 19.6 Å². The lowest BCUT2D eigenvalue weighted by molar-refractivity contribution is 0.490. The fraction of sp³-hybridized carbons (Fsp3) is 0.500. The average molecular weight is 210 g/mol. The van der Waals surface area contributed by atoms with Crippen molar-refractivity contribution in [3.05, 3.63) is 35.6 Å². The Morgan fingerprint density at radius 1 is 1.20 bits per heavy atom. The predicted octanol–water partition coefficient (Wildman–Crippen LogP) is 2.08. The van der Waals surface area contributed by atoms with Crippen LogP contribution in [0.4, 0.5) is 4.39 Å². The molecule has 0 saturated carbocycles. The third kappa shape index (κ3) is 3.98. The van der Waals surface area contributed by atoms with Crippen LogP contribution in [0.5, 0.6) is 0 Å². The molecule has 3 heteroatoms. The standard InChI is InChI=1S/C12H19FN2/c1-9(2)15-8-12(14-3)10-4-6-11(13)7-5-10/h4-7,9,12,14-15H,8H2,1-3H3. The van der Waals surface area contributed by atoms with Crippen LogP contribution in [-0.2, 0) is 0 Å². The monoisotopic (exact) mass is 210 g/mol. The van der Waals surface area contributed by atoms with E-state index in [-0.39, 0.29) is 11.9 Å². The fourth-order valence-corrected chi connectivity index (χ4v) is 1.44. The number of likely N-dealkylation sites (N-methyl/N-ethyl adjacent to an activating group) is 1. The predicted molar refractivity (Wildman–Crippen MR) is 61.3 cm³/mol. The van der Waals surface area contributed by atoms with Gasteiger partial charge in [-0.25, -0.2) is 4.39 Å². The zero-order valence-electron chi connectivity index (χ0n) is 9.55. The Balaban J connectivity index is 2.61. The Labute approximate surface area is 90.9 Å². The minimum Gasteiger partial charge on any atom is -0.313 e. The molecule has 2 nitrogen and oxygen atoms in total. The Hall–Kier alpha value is -0.930. The normalized spacial score (nSPS) is 13.1. The largest absolute Gasteiger partial charge is 0.313 e. The maximum absolute atomic E-state index is 12.7. The Bertz CT molecular complexity index is 282. The molecule has 0 amide bonds. The summed E-state index contributed by atoms with van der Waals surface area (Å²) in [6.07, 6.45) is 0. The fourth-order valence-electron chi connectivity index (χ4n) is 1.44. The highest BCUT2D eigenvalue weighted by Gasteiger charge is 2.08. The Kier molecular flexibility index (Phi) is 4.72. The second-order valence-electron chi connectivity index (χ2n) is 3.96. The number of hydrogen-bond donors (Lipinski definition) is 2. The number of benzene rings is 1. The average Bonchev–Trinajstić information content (AvgIpc) is 2.21. The third-order valence-electron chi connectivity index (χ3n) is 2.35. The van der Waals surface area contributed by atoms with E-state index in [1.807, 2.05) is 19.2 Å². The van der Waals surface area contributed by atoms with Crippen LogP contribution in [0.2, 0.25) is 0 Å². The van der Waals surface area contributed by atoms with Crippen molar-refractivity contribution in [3.8, 4) is 0 Å². The molecule has 0 aliphatic rings. The van der Waals surface area contributed by atoms with Gasteiger partial charge in [-0.3, -0.25) is 0 Å². The van der Waals surface area contributed by atoms with Gasteiger partial charge in [-0.2, -0.15) is 0 Å². The van der Waals surface area contributed by atoms with Crippen LogP contribution in [0.3, 0.4) is 0 Å². The Morgan fingerprint density at radius 3 is 2.27 bits per heavy atom. The lowest BCUT2D eigenvalue weighted by Crippen LogP contribution is -2.33. The van der Waals surface area contributed by atoms with E-state index in [0.717, 1.165) is 12.1 Å². The molecule has 1 rings (SSSR count). The molecule has 0 aliphatic heterocycles. The summed E-state index contributed by atoms with van der Waals surface area (Å²) < 4.78 is 12.7. The van der Waals surface area contributed by atoms with Crippen molar-refractivity contribution in [1.29, 1.82) is 0 Å². The van der Waals surface area contributed by atoms with Crippen molar-refractivity contribution in [2.75, 3.05) is 13.6 Å². The summed E-state index contributed by atoms with van der Waals surface area (Å²) in [5.74, 6) is -0.189. The summed E-state index contributed by atoms with van der Waals surface area (Å²) in [7, 11) is 1.91. The molecule has 1 aromatic rings. The van der Waals surface area contributed by atoms with Gasteiger partial charge in [-0.15, -0.1) is 0 Å². The molecular formula is C12H19FN2. The SMILES string of the molecule is CNC(CNC(C)C)c1ccc(F)cc1. The number of halogens is 1. The second kappa shape index (κ2) is 5.83. The topological polar surface area (TPSA) is 24.1 Å². The van der Waals surface area contributed by atoms with Gasteiger partial charge < -0.3 is 10.6 Å². The molecule has 0 fully saturated rings. The summed E-state index contributed by atoms with van der Waals surface area (Å²) in [5, 5.41) is 6.56. The molecule has 1 aromatic carbocycles. The molecular weight excluding hydrogens is 191 g/mol. The highest BCUT2D eigenvalue weighted by atomic mass is 19.1. The molecule has 0 heterocycles. The van der Waals surface area contributed by atoms with E-state index in [9.17, 15) is 4.39 Å². The van der Waals surface area contributed by atoms with E-state index < -0.39 is 0 Å². The van der Waals surface area contributed by atoms with E-state index in [0.29, 0.717) is 6.04 Å². The van der Waals surface area contributed by atoms with E-state index in [2.05, 4.69) is 24.5 Å². The summed E-state index contributed by atoms with van der Waals surface area (Å²) in [6, 6.07) is 7.32.